The fourth-order valence-electron chi connectivity index (χ4n) is 1.76. The van der Waals surface area contributed by atoms with Crippen molar-refractivity contribution in [2.45, 2.75) is 45.6 Å². The highest BCUT2D eigenvalue weighted by Crippen LogP contribution is 2.26. The summed E-state index contributed by atoms with van der Waals surface area (Å²) in [5, 5.41) is 0. The van der Waals surface area contributed by atoms with E-state index in [0.717, 1.165) is 13.0 Å². The Morgan fingerprint density at radius 2 is 2.14 bits per heavy atom. The average Bonchev–Trinajstić information content (AvgIpc) is 2.07. The molecule has 0 aromatic rings. The Kier molecular flexibility index (Phi) is 4.39. The number of nitrogens with zero attached hydrogens (tertiary/aromatic N) is 1. The van der Waals surface area contributed by atoms with Gasteiger partial charge in [0, 0.05) is 18.5 Å². The zero-order valence-corrected chi connectivity index (χ0v) is 9.33. The molecule has 82 valence electrons. The molecule has 0 unspecified atom stereocenters. The lowest BCUT2D eigenvalue weighted by atomic mass is 9.90. The Labute approximate surface area is 86.6 Å². The fraction of sp³-hybridized carbons (Fsp3) is 0.909. The molecular formula is C11H22N2O. The molecule has 3 nitrogen and oxygen atoms in total. The quantitative estimate of drug-likeness (QED) is 0.725. The lowest BCUT2D eigenvalue weighted by molar-refractivity contribution is -0.138. The highest BCUT2D eigenvalue weighted by Gasteiger charge is 2.29. The van der Waals surface area contributed by atoms with Crippen LogP contribution in [0.2, 0.25) is 0 Å². The van der Waals surface area contributed by atoms with E-state index in [1.807, 2.05) is 18.7 Å². The Bertz CT molecular complexity index is 188. The summed E-state index contributed by atoms with van der Waals surface area (Å²) in [5.41, 5.74) is 5.47. The third-order valence-electron chi connectivity index (χ3n) is 2.90. The molecule has 1 fully saturated rings. The van der Waals surface area contributed by atoms with Crippen molar-refractivity contribution < 1.29 is 4.79 Å². The van der Waals surface area contributed by atoms with Crippen LogP contribution < -0.4 is 5.73 Å². The number of hydrogen-bond acceptors (Lipinski definition) is 2. The molecule has 1 aliphatic carbocycles. The first-order chi connectivity index (χ1) is 6.66. The smallest absolute Gasteiger partial charge is 0.225 e. The van der Waals surface area contributed by atoms with Gasteiger partial charge in [0.1, 0.15) is 0 Å². The third-order valence-corrected chi connectivity index (χ3v) is 2.90. The molecule has 0 bridgehead atoms. The van der Waals surface area contributed by atoms with Gasteiger partial charge in [-0.05, 0) is 32.2 Å². The van der Waals surface area contributed by atoms with Gasteiger partial charge in [0.25, 0.3) is 0 Å². The van der Waals surface area contributed by atoms with Crippen LogP contribution in [-0.2, 0) is 4.79 Å². The molecule has 1 rings (SSSR count). The maximum atomic E-state index is 11.9. The minimum Gasteiger partial charge on any atom is -0.339 e. The lowest BCUT2D eigenvalue weighted by Crippen LogP contribution is -2.46. The molecule has 0 atom stereocenters. The minimum atomic E-state index is 0.119. The van der Waals surface area contributed by atoms with E-state index in [1.54, 1.807) is 0 Å². The molecular weight excluding hydrogens is 176 g/mol. The van der Waals surface area contributed by atoms with Gasteiger partial charge in [-0.1, -0.05) is 13.8 Å². The number of carbonyl (C=O) groups is 1. The fourth-order valence-corrected chi connectivity index (χ4v) is 1.76. The van der Waals surface area contributed by atoms with Gasteiger partial charge >= 0.3 is 0 Å². The first-order valence-corrected chi connectivity index (χ1v) is 5.67. The van der Waals surface area contributed by atoms with Gasteiger partial charge in [-0.15, -0.1) is 0 Å². The monoisotopic (exact) mass is 198 g/mol. The van der Waals surface area contributed by atoms with Crippen LogP contribution in [-0.4, -0.2) is 29.9 Å². The van der Waals surface area contributed by atoms with Crippen LogP contribution in [0.4, 0.5) is 0 Å². The molecule has 1 amide bonds. The Hall–Kier alpha value is -0.570. The maximum absolute atomic E-state index is 11.9. The normalized spacial score (nSPS) is 16.9. The highest BCUT2D eigenvalue weighted by molar-refractivity contribution is 5.78. The number of rotatable bonds is 5. The molecule has 3 heteroatoms. The summed E-state index contributed by atoms with van der Waals surface area (Å²) in [6, 6.07) is 0.511. The van der Waals surface area contributed by atoms with Crippen molar-refractivity contribution >= 4 is 5.91 Å². The van der Waals surface area contributed by atoms with Crippen LogP contribution in [0, 0.1) is 5.92 Å². The summed E-state index contributed by atoms with van der Waals surface area (Å²) in [4.78, 5) is 13.9. The van der Waals surface area contributed by atoms with Crippen LogP contribution in [0.3, 0.4) is 0 Å². The topological polar surface area (TPSA) is 46.3 Å². The van der Waals surface area contributed by atoms with Gasteiger partial charge in [0.15, 0.2) is 0 Å². The molecule has 0 radical (unpaired) electrons. The van der Waals surface area contributed by atoms with E-state index in [1.165, 1.54) is 19.3 Å². The van der Waals surface area contributed by atoms with E-state index in [9.17, 15) is 4.79 Å². The highest BCUT2D eigenvalue weighted by atomic mass is 16.2. The number of nitrogens with two attached hydrogens (primary N) is 1. The van der Waals surface area contributed by atoms with Gasteiger partial charge in [0.2, 0.25) is 5.91 Å². The number of carbonyl (C=O) groups excluding carboxylic acids is 1. The van der Waals surface area contributed by atoms with E-state index in [-0.39, 0.29) is 5.92 Å². The van der Waals surface area contributed by atoms with Crippen molar-refractivity contribution in [2.24, 2.45) is 11.7 Å². The molecule has 0 aromatic heterocycles. The summed E-state index contributed by atoms with van der Waals surface area (Å²) < 4.78 is 0. The van der Waals surface area contributed by atoms with E-state index in [0.29, 0.717) is 18.5 Å². The van der Waals surface area contributed by atoms with Gasteiger partial charge in [-0.25, -0.2) is 0 Å². The molecule has 14 heavy (non-hydrogen) atoms. The van der Waals surface area contributed by atoms with E-state index < -0.39 is 0 Å². The second-order valence-corrected chi connectivity index (χ2v) is 4.41. The molecule has 0 aliphatic heterocycles. The summed E-state index contributed by atoms with van der Waals surface area (Å²) in [5.74, 6) is 0.413. The van der Waals surface area contributed by atoms with Crippen molar-refractivity contribution in [3.8, 4) is 0 Å². The largest absolute Gasteiger partial charge is 0.339 e. The van der Waals surface area contributed by atoms with Crippen molar-refractivity contribution in [3.63, 3.8) is 0 Å². The van der Waals surface area contributed by atoms with Crippen molar-refractivity contribution in [3.05, 3.63) is 0 Å². The van der Waals surface area contributed by atoms with Crippen LogP contribution in [0.1, 0.15) is 39.5 Å². The van der Waals surface area contributed by atoms with Gasteiger partial charge in [-0.2, -0.15) is 0 Å². The van der Waals surface area contributed by atoms with E-state index in [4.69, 9.17) is 5.73 Å². The molecule has 0 heterocycles. The number of amides is 1. The molecule has 2 N–H and O–H groups in total. The first-order valence-electron chi connectivity index (χ1n) is 5.67. The van der Waals surface area contributed by atoms with Crippen molar-refractivity contribution in [2.75, 3.05) is 13.1 Å². The standard InChI is InChI=1S/C11H22N2O/c1-9(2)11(14)13(8-4-7-12)10-5-3-6-10/h9-10H,3-8,12H2,1-2H3. The zero-order valence-electron chi connectivity index (χ0n) is 9.33. The maximum Gasteiger partial charge on any atom is 0.225 e. The molecule has 1 saturated carbocycles. The average molecular weight is 198 g/mol. The second kappa shape index (κ2) is 5.35. The summed E-state index contributed by atoms with van der Waals surface area (Å²) in [6.07, 6.45) is 4.57. The van der Waals surface area contributed by atoms with Crippen LogP contribution in [0.25, 0.3) is 0 Å². The Morgan fingerprint density at radius 3 is 2.50 bits per heavy atom. The predicted octanol–water partition coefficient (Wildman–Crippen LogP) is 1.37. The van der Waals surface area contributed by atoms with E-state index >= 15 is 0 Å². The Morgan fingerprint density at radius 1 is 1.50 bits per heavy atom. The van der Waals surface area contributed by atoms with Gasteiger partial charge < -0.3 is 10.6 Å². The second-order valence-electron chi connectivity index (χ2n) is 4.41. The van der Waals surface area contributed by atoms with Crippen LogP contribution in [0.5, 0.6) is 0 Å². The Balaban J connectivity index is 2.46. The predicted molar refractivity (Wildman–Crippen MR) is 57.9 cm³/mol. The minimum absolute atomic E-state index is 0.119. The van der Waals surface area contributed by atoms with Gasteiger partial charge in [-0.3, -0.25) is 4.79 Å². The summed E-state index contributed by atoms with van der Waals surface area (Å²) in [6.45, 7) is 5.46. The molecule has 1 aliphatic rings. The molecule has 0 saturated heterocycles. The van der Waals surface area contributed by atoms with Crippen molar-refractivity contribution in [1.29, 1.82) is 0 Å². The van der Waals surface area contributed by atoms with Crippen molar-refractivity contribution in [1.82, 2.24) is 4.90 Å². The SMILES string of the molecule is CC(C)C(=O)N(CCCN)C1CCC1. The van der Waals surface area contributed by atoms with Crippen LogP contribution in [0.15, 0.2) is 0 Å². The zero-order chi connectivity index (χ0) is 10.6. The lowest BCUT2D eigenvalue weighted by Gasteiger charge is -2.38. The molecule has 0 aromatic carbocycles. The summed E-state index contributed by atoms with van der Waals surface area (Å²) in [7, 11) is 0. The molecule has 0 spiro atoms. The summed E-state index contributed by atoms with van der Waals surface area (Å²) >= 11 is 0. The van der Waals surface area contributed by atoms with Gasteiger partial charge in [0.05, 0.1) is 0 Å². The number of hydrogen-bond donors (Lipinski definition) is 1. The third kappa shape index (κ3) is 2.71. The first kappa shape index (κ1) is 11.5. The van der Waals surface area contributed by atoms with Crippen LogP contribution >= 0.6 is 0 Å². The van der Waals surface area contributed by atoms with E-state index in [2.05, 4.69) is 0 Å².